The van der Waals surface area contributed by atoms with E-state index < -0.39 is 0 Å². The van der Waals surface area contributed by atoms with Crippen molar-refractivity contribution in [3.05, 3.63) is 76.5 Å². The second kappa shape index (κ2) is 9.05. The van der Waals surface area contributed by atoms with Crippen LogP contribution in [-0.2, 0) is 10.2 Å². The van der Waals surface area contributed by atoms with Crippen LogP contribution in [-0.4, -0.2) is 26.8 Å². The van der Waals surface area contributed by atoms with Gasteiger partial charge in [-0.3, -0.25) is 4.79 Å². The Morgan fingerprint density at radius 2 is 1.91 bits per heavy atom. The van der Waals surface area contributed by atoms with Crippen molar-refractivity contribution in [1.29, 1.82) is 0 Å². The van der Waals surface area contributed by atoms with Gasteiger partial charge in [-0.25, -0.2) is 4.98 Å². The molecule has 0 aliphatic heterocycles. The second-order valence-corrected chi connectivity index (χ2v) is 9.78. The molecule has 1 aliphatic rings. The third kappa shape index (κ3) is 4.30. The lowest BCUT2D eigenvalue weighted by molar-refractivity contribution is -0.113. The Labute approximate surface area is 198 Å². The minimum atomic E-state index is -0.257. The monoisotopic (exact) mass is 482 g/mol. The summed E-state index contributed by atoms with van der Waals surface area (Å²) in [6.07, 6.45) is 3.01. The SMILES string of the molecule is O=C(CSc1nnc(C2(c3ccc(Cl)cc3)CCC2)o1)Nc1nc(-c2ccccc2)cs1. The number of amides is 1. The van der Waals surface area contributed by atoms with Gasteiger partial charge in [0.2, 0.25) is 11.8 Å². The molecular weight excluding hydrogens is 464 g/mol. The van der Waals surface area contributed by atoms with Gasteiger partial charge in [0.25, 0.3) is 5.22 Å². The number of hydrogen-bond donors (Lipinski definition) is 1. The quantitative estimate of drug-likeness (QED) is 0.323. The van der Waals surface area contributed by atoms with E-state index in [0.717, 1.165) is 36.1 Å². The van der Waals surface area contributed by atoms with Crippen LogP contribution in [0.25, 0.3) is 11.3 Å². The molecule has 0 atom stereocenters. The van der Waals surface area contributed by atoms with E-state index in [2.05, 4.69) is 20.5 Å². The first-order valence-corrected chi connectivity index (χ1v) is 12.4. The lowest BCUT2D eigenvalue weighted by Crippen LogP contribution is -2.35. The number of nitrogens with one attached hydrogen (secondary N) is 1. The number of benzene rings is 2. The van der Waals surface area contributed by atoms with Crippen molar-refractivity contribution < 1.29 is 9.21 Å². The van der Waals surface area contributed by atoms with Crippen molar-refractivity contribution >= 4 is 45.7 Å². The third-order valence-corrected chi connectivity index (χ3v) is 7.39. The number of carbonyl (C=O) groups excluding carboxylic acids is 1. The number of hydrogen-bond acceptors (Lipinski definition) is 7. The van der Waals surface area contributed by atoms with Gasteiger partial charge in [0.1, 0.15) is 0 Å². The van der Waals surface area contributed by atoms with Crippen LogP contribution in [0, 0.1) is 0 Å². The highest BCUT2D eigenvalue weighted by Crippen LogP contribution is 2.48. The highest BCUT2D eigenvalue weighted by atomic mass is 35.5. The molecule has 0 radical (unpaired) electrons. The Morgan fingerprint density at radius 1 is 1.12 bits per heavy atom. The van der Waals surface area contributed by atoms with Gasteiger partial charge in [0.15, 0.2) is 5.13 Å². The Bertz CT molecular complexity index is 1220. The maximum absolute atomic E-state index is 12.4. The fourth-order valence-corrected chi connectivity index (χ4v) is 5.17. The molecular formula is C23H19ClN4O2S2. The van der Waals surface area contributed by atoms with Crippen LogP contribution in [0.2, 0.25) is 5.02 Å². The highest BCUT2D eigenvalue weighted by molar-refractivity contribution is 7.99. The molecule has 5 rings (SSSR count). The van der Waals surface area contributed by atoms with Crippen molar-refractivity contribution in [3.63, 3.8) is 0 Å². The van der Waals surface area contributed by atoms with Crippen molar-refractivity contribution in [1.82, 2.24) is 15.2 Å². The lowest BCUT2D eigenvalue weighted by Gasteiger charge is -2.39. The maximum Gasteiger partial charge on any atom is 0.277 e. The van der Waals surface area contributed by atoms with E-state index in [0.29, 0.717) is 21.3 Å². The largest absolute Gasteiger partial charge is 0.415 e. The van der Waals surface area contributed by atoms with Gasteiger partial charge in [-0.2, -0.15) is 0 Å². The van der Waals surface area contributed by atoms with Gasteiger partial charge < -0.3 is 9.73 Å². The Morgan fingerprint density at radius 3 is 2.62 bits per heavy atom. The molecule has 1 fully saturated rings. The summed E-state index contributed by atoms with van der Waals surface area (Å²) < 4.78 is 5.95. The number of thioether (sulfide) groups is 1. The molecule has 1 saturated carbocycles. The molecule has 0 unspecified atom stereocenters. The highest BCUT2D eigenvalue weighted by Gasteiger charge is 2.45. The van der Waals surface area contributed by atoms with Crippen LogP contribution in [0.5, 0.6) is 0 Å². The number of thiazole rings is 1. The third-order valence-electron chi connectivity index (χ3n) is 5.57. The van der Waals surface area contributed by atoms with Crippen LogP contribution >= 0.6 is 34.7 Å². The maximum atomic E-state index is 12.4. The van der Waals surface area contributed by atoms with Gasteiger partial charge in [0, 0.05) is 16.0 Å². The van der Waals surface area contributed by atoms with Gasteiger partial charge in [-0.05, 0) is 30.5 Å². The summed E-state index contributed by atoms with van der Waals surface area (Å²) in [6.45, 7) is 0. The molecule has 1 N–H and O–H groups in total. The fourth-order valence-electron chi connectivity index (χ4n) is 3.74. The van der Waals surface area contributed by atoms with Crippen molar-refractivity contribution in [2.24, 2.45) is 0 Å². The number of halogens is 1. The minimum Gasteiger partial charge on any atom is -0.415 e. The molecule has 2 heterocycles. The van der Waals surface area contributed by atoms with Gasteiger partial charge in [0.05, 0.1) is 16.9 Å². The number of aromatic nitrogens is 3. The van der Waals surface area contributed by atoms with E-state index in [4.69, 9.17) is 16.0 Å². The minimum absolute atomic E-state index is 0.163. The Kier molecular flexibility index (Phi) is 5.99. The molecule has 162 valence electrons. The van der Waals surface area contributed by atoms with Crippen molar-refractivity contribution in [2.45, 2.75) is 29.9 Å². The van der Waals surface area contributed by atoms with Gasteiger partial charge in [-0.15, -0.1) is 21.5 Å². The van der Waals surface area contributed by atoms with Crippen LogP contribution in [0.3, 0.4) is 0 Å². The molecule has 6 nitrogen and oxygen atoms in total. The lowest BCUT2D eigenvalue weighted by atomic mass is 9.64. The molecule has 2 aromatic carbocycles. The summed E-state index contributed by atoms with van der Waals surface area (Å²) in [5.74, 6) is 0.594. The summed E-state index contributed by atoms with van der Waals surface area (Å²) in [6, 6.07) is 17.7. The molecule has 0 bridgehead atoms. The second-order valence-electron chi connectivity index (χ2n) is 7.56. The summed E-state index contributed by atoms with van der Waals surface area (Å²) in [5.41, 5.74) is 2.73. The van der Waals surface area contributed by atoms with E-state index in [9.17, 15) is 4.79 Å². The number of rotatable bonds is 7. The topological polar surface area (TPSA) is 80.9 Å². The first kappa shape index (κ1) is 21.2. The predicted molar refractivity (Wildman–Crippen MR) is 127 cm³/mol. The molecule has 9 heteroatoms. The summed E-state index contributed by atoms with van der Waals surface area (Å²) in [7, 11) is 0. The van der Waals surface area contributed by atoms with Crippen molar-refractivity contribution in [3.8, 4) is 11.3 Å². The van der Waals surface area contributed by atoms with Crippen LogP contribution in [0.15, 0.2) is 69.6 Å². The number of nitrogens with zero attached hydrogens (tertiary/aromatic N) is 3. The zero-order valence-electron chi connectivity index (χ0n) is 17.0. The van der Waals surface area contributed by atoms with Gasteiger partial charge >= 0.3 is 0 Å². The van der Waals surface area contributed by atoms with E-state index >= 15 is 0 Å². The first-order valence-electron chi connectivity index (χ1n) is 10.2. The molecule has 4 aromatic rings. The molecule has 1 aliphatic carbocycles. The number of anilines is 1. The van der Waals surface area contributed by atoms with E-state index in [1.807, 2.05) is 60.0 Å². The average molecular weight is 483 g/mol. The van der Waals surface area contributed by atoms with Gasteiger partial charge in [-0.1, -0.05) is 72.2 Å². The standard InChI is InChI=1S/C23H19ClN4O2S2/c24-17-9-7-16(8-10-17)23(11-4-12-23)20-27-28-22(30-20)32-14-19(29)26-21-25-18(13-31-21)15-5-2-1-3-6-15/h1-3,5-10,13H,4,11-12,14H2,(H,25,26,29). The van der Waals surface area contributed by atoms with E-state index in [1.54, 1.807) is 0 Å². The smallest absolute Gasteiger partial charge is 0.277 e. The van der Waals surface area contributed by atoms with Crippen molar-refractivity contribution in [2.75, 3.05) is 11.1 Å². The van der Waals surface area contributed by atoms with Crippen LogP contribution in [0.4, 0.5) is 5.13 Å². The molecule has 1 amide bonds. The first-order chi connectivity index (χ1) is 15.6. The number of carbonyl (C=O) groups is 1. The molecule has 0 saturated heterocycles. The zero-order valence-corrected chi connectivity index (χ0v) is 19.3. The average Bonchev–Trinajstić information content (AvgIpc) is 3.44. The molecule has 0 spiro atoms. The molecule has 32 heavy (non-hydrogen) atoms. The zero-order chi connectivity index (χ0) is 22.0. The molecule has 2 aromatic heterocycles. The summed E-state index contributed by atoms with van der Waals surface area (Å²) >= 11 is 8.66. The van der Waals surface area contributed by atoms with Crippen LogP contribution < -0.4 is 5.32 Å². The van der Waals surface area contributed by atoms with E-state index in [1.165, 1.54) is 23.1 Å². The predicted octanol–water partition coefficient (Wildman–Crippen LogP) is 6.05. The summed E-state index contributed by atoms with van der Waals surface area (Å²) in [5, 5.41) is 14.9. The van der Waals surface area contributed by atoms with Crippen LogP contribution in [0.1, 0.15) is 30.7 Å². The Hall–Kier alpha value is -2.68. The summed E-state index contributed by atoms with van der Waals surface area (Å²) in [4.78, 5) is 16.9. The normalized spacial score (nSPS) is 14.7. The Balaban J connectivity index is 1.21. The van der Waals surface area contributed by atoms with E-state index in [-0.39, 0.29) is 17.1 Å². The fraction of sp³-hybridized carbons (Fsp3) is 0.217.